The van der Waals surface area contributed by atoms with Crippen molar-refractivity contribution < 1.29 is 15.0 Å². The number of benzene rings is 1. The van der Waals surface area contributed by atoms with Gasteiger partial charge in [0.25, 0.3) is 0 Å². The molecule has 0 aromatic heterocycles. The maximum absolute atomic E-state index is 10.9. The highest BCUT2D eigenvalue weighted by atomic mass is 16.4. The summed E-state index contributed by atoms with van der Waals surface area (Å²) < 4.78 is 0. The van der Waals surface area contributed by atoms with Crippen LogP contribution >= 0.6 is 0 Å². The number of aryl methyl sites for hydroxylation is 1. The van der Waals surface area contributed by atoms with Crippen molar-refractivity contribution in [2.75, 3.05) is 0 Å². The minimum atomic E-state index is -1.07. The van der Waals surface area contributed by atoms with Crippen LogP contribution in [-0.2, 0) is 6.42 Å². The van der Waals surface area contributed by atoms with Crippen LogP contribution in [0.5, 0.6) is 5.75 Å². The average Bonchev–Trinajstić information content (AvgIpc) is 2.46. The van der Waals surface area contributed by atoms with Crippen molar-refractivity contribution in [3.63, 3.8) is 0 Å². The van der Waals surface area contributed by atoms with E-state index in [0.29, 0.717) is 0 Å². The topological polar surface area (TPSA) is 57.5 Å². The van der Waals surface area contributed by atoms with Crippen LogP contribution in [0.2, 0.25) is 0 Å². The largest absolute Gasteiger partial charge is 0.507 e. The fraction of sp³-hybridized carbons (Fsp3) is 0.611. The van der Waals surface area contributed by atoms with E-state index in [4.69, 9.17) is 5.11 Å². The Morgan fingerprint density at radius 1 is 0.952 bits per heavy atom. The molecule has 3 heteroatoms. The molecule has 0 radical (unpaired) electrons. The molecule has 2 N–H and O–H groups in total. The van der Waals surface area contributed by atoms with E-state index in [-0.39, 0.29) is 11.3 Å². The number of aromatic carboxylic acids is 1. The molecule has 0 unspecified atom stereocenters. The van der Waals surface area contributed by atoms with Crippen LogP contribution in [0.15, 0.2) is 18.2 Å². The van der Waals surface area contributed by atoms with Crippen LogP contribution in [0, 0.1) is 0 Å². The van der Waals surface area contributed by atoms with Gasteiger partial charge < -0.3 is 10.2 Å². The van der Waals surface area contributed by atoms with Gasteiger partial charge in [0, 0.05) is 0 Å². The number of unbranched alkanes of at least 4 members (excludes halogenated alkanes) is 8. The van der Waals surface area contributed by atoms with E-state index in [1.165, 1.54) is 51.0 Å². The molecule has 0 heterocycles. The number of aromatic hydroxyl groups is 1. The number of rotatable bonds is 11. The Hall–Kier alpha value is -1.51. The zero-order chi connectivity index (χ0) is 15.5. The molecule has 0 fully saturated rings. The summed E-state index contributed by atoms with van der Waals surface area (Å²) in [6.45, 7) is 2.23. The van der Waals surface area contributed by atoms with Crippen LogP contribution in [0.3, 0.4) is 0 Å². The van der Waals surface area contributed by atoms with Crippen molar-refractivity contribution in [1.82, 2.24) is 0 Å². The van der Waals surface area contributed by atoms with Crippen molar-refractivity contribution in [3.05, 3.63) is 29.3 Å². The van der Waals surface area contributed by atoms with Gasteiger partial charge in [-0.3, -0.25) is 0 Å². The van der Waals surface area contributed by atoms with Gasteiger partial charge in [-0.2, -0.15) is 0 Å². The Bertz CT molecular complexity index is 426. The molecule has 0 aliphatic heterocycles. The number of phenols is 1. The second kappa shape index (κ2) is 10.3. The van der Waals surface area contributed by atoms with Crippen LogP contribution in [-0.4, -0.2) is 16.2 Å². The number of carboxylic acid groups (broad SMARTS) is 1. The summed E-state index contributed by atoms with van der Waals surface area (Å²) in [6.07, 6.45) is 12.1. The molecular formula is C18H28O3. The Kier molecular flexibility index (Phi) is 8.56. The highest BCUT2D eigenvalue weighted by Gasteiger charge is 2.12. The summed E-state index contributed by atoms with van der Waals surface area (Å²) >= 11 is 0. The molecule has 0 bridgehead atoms. The summed E-state index contributed by atoms with van der Waals surface area (Å²) in [6, 6.07) is 4.95. The van der Waals surface area contributed by atoms with E-state index in [1.54, 1.807) is 6.07 Å². The van der Waals surface area contributed by atoms with Crippen LogP contribution < -0.4 is 0 Å². The van der Waals surface area contributed by atoms with Crippen molar-refractivity contribution >= 4 is 5.97 Å². The summed E-state index contributed by atoms with van der Waals surface area (Å²) in [4.78, 5) is 10.9. The van der Waals surface area contributed by atoms with Crippen molar-refractivity contribution in [1.29, 1.82) is 0 Å². The molecule has 0 atom stereocenters. The lowest BCUT2D eigenvalue weighted by atomic mass is 10.0. The molecule has 0 saturated heterocycles. The fourth-order valence-electron chi connectivity index (χ4n) is 2.59. The standard InChI is InChI=1S/C18H28O3/c1-2-3-4-5-6-7-8-9-10-12-15-13-11-14-16(17(15)19)18(20)21/h11,13-14,19H,2-10,12H2,1H3,(H,20,21). The Labute approximate surface area is 128 Å². The molecule has 0 amide bonds. The summed E-state index contributed by atoms with van der Waals surface area (Å²) in [7, 11) is 0. The van der Waals surface area contributed by atoms with Crippen molar-refractivity contribution in [2.24, 2.45) is 0 Å². The third-order valence-electron chi connectivity index (χ3n) is 3.90. The third-order valence-corrected chi connectivity index (χ3v) is 3.90. The lowest BCUT2D eigenvalue weighted by Crippen LogP contribution is -1.99. The van der Waals surface area contributed by atoms with Crippen molar-refractivity contribution in [3.8, 4) is 5.75 Å². The molecule has 118 valence electrons. The smallest absolute Gasteiger partial charge is 0.339 e. The molecule has 1 rings (SSSR count). The first-order valence-corrected chi connectivity index (χ1v) is 8.21. The van der Waals surface area contributed by atoms with Gasteiger partial charge in [-0.1, -0.05) is 70.4 Å². The van der Waals surface area contributed by atoms with Gasteiger partial charge in [-0.25, -0.2) is 4.79 Å². The first-order valence-electron chi connectivity index (χ1n) is 8.21. The highest BCUT2D eigenvalue weighted by Crippen LogP contribution is 2.24. The predicted molar refractivity (Wildman–Crippen MR) is 86.0 cm³/mol. The van der Waals surface area contributed by atoms with Crippen LogP contribution in [0.25, 0.3) is 0 Å². The number of carboxylic acids is 1. The molecule has 0 aliphatic carbocycles. The zero-order valence-electron chi connectivity index (χ0n) is 13.1. The van der Waals surface area contributed by atoms with E-state index >= 15 is 0 Å². The molecule has 1 aromatic rings. The second-order valence-corrected chi connectivity index (χ2v) is 5.70. The Morgan fingerprint density at radius 2 is 1.52 bits per heavy atom. The highest BCUT2D eigenvalue weighted by molar-refractivity contribution is 5.91. The van der Waals surface area contributed by atoms with Crippen LogP contribution in [0.1, 0.15) is 80.6 Å². The second-order valence-electron chi connectivity index (χ2n) is 5.70. The van der Waals surface area contributed by atoms with Gasteiger partial charge in [-0.15, -0.1) is 0 Å². The van der Waals surface area contributed by atoms with Gasteiger partial charge in [0.15, 0.2) is 0 Å². The maximum Gasteiger partial charge on any atom is 0.339 e. The average molecular weight is 292 g/mol. The molecule has 0 spiro atoms. The molecule has 21 heavy (non-hydrogen) atoms. The Morgan fingerprint density at radius 3 is 2.10 bits per heavy atom. The first-order chi connectivity index (χ1) is 10.2. The van der Waals surface area contributed by atoms with E-state index in [1.807, 2.05) is 6.07 Å². The summed E-state index contributed by atoms with van der Waals surface area (Å²) in [5.41, 5.74) is 0.751. The van der Waals surface area contributed by atoms with E-state index in [9.17, 15) is 9.90 Å². The summed E-state index contributed by atoms with van der Waals surface area (Å²) in [5, 5.41) is 18.9. The lowest BCUT2D eigenvalue weighted by Gasteiger charge is -2.07. The van der Waals surface area contributed by atoms with Gasteiger partial charge in [0.1, 0.15) is 11.3 Å². The SMILES string of the molecule is CCCCCCCCCCCc1cccc(C(=O)O)c1O. The molecule has 0 aliphatic rings. The number of hydrogen-bond donors (Lipinski definition) is 2. The van der Waals surface area contributed by atoms with E-state index in [0.717, 1.165) is 24.8 Å². The predicted octanol–water partition coefficient (Wildman–Crippen LogP) is 5.16. The molecular weight excluding hydrogens is 264 g/mol. The fourth-order valence-corrected chi connectivity index (χ4v) is 2.59. The Balaban J connectivity index is 2.19. The molecule has 0 saturated carbocycles. The van der Waals surface area contributed by atoms with E-state index in [2.05, 4.69) is 6.92 Å². The maximum atomic E-state index is 10.9. The van der Waals surface area contributed by atoms with Gasteiger partial charge in [0.2, 0.25) is 0 Å². The third kappa shape index (κ3) is 6.65. The minimum absolute atomic E-state index is 0.00317. The molecule has 3 nitrogen and oxygen atoms in total. The number of para-hydroxylation sites is 1. The lowest BCUT2D eigenvalue weighted by molar-refractivity contribution is 0.0693. The minimum Gasteiger partial charge on any atom is -0.507 e. The monoisotopic (exact) mass is 292 g/mol. The normalized spacial score (nSPS) is 10.7. The summed E-state index contributed by atoms with van der Waals surface area (Å²) in [5.74, 6) is -1.13. The van der Waals surface area contributed by atoms with Gasteiger partial charge in [-0.05, 0) is 24.5 Å². The van der Waals surface area contributed by atoms with Crippen molar-refractivity contribution in [2.45, 2.75) is 71.1 Å². The van der Waals surface area contributed by atoms with Gasteiger partial charge >= 0.3 is 5.97 Å². The number of hydrogen-bond acceptors (Lipinski definition) is 2. The van der Waals surface area contributed by atoms with Gasteiger partial charge in [0.05, 0.1) is 0 Å². The zero-order valence-corrected chi connectivity index (χ0v) is 13.1. The first kappa shape index (κ1) is 17.5. The van der Waals surface area contributed by atoms with Crippen LogP contribution in [0.4, 0.5) is 0 Å². The number of carbonyl (C=O) groups is 1. The molecule has 1 aromatic carbocycles. The van der Waals surface area contributed by atoms with E-state index < -0.39 is 5.97 Å². The quantitative estimate of drug-likeness (QED) is 0.554.